The lowest BCUT2D eigenvalue weighted by molar-refractivity contribution is -0.769. The summed E-state index contributed by atoms with van der Waals surface area (Å²) >= 11 is 1.63. The average molecular weight is 343 g/mol. The smallest absolute Gasteiger partial charge is 0.324 e. The van der Waals surface area contributed by atoms with Crippen molar-refractivity contribution in [2.24, 2.45) is 0 Å². The Morgan fingerprint density at radius 1 is 1.29 bits per heavy atom. The van der Waals surface area contributed by atoms with Gasteiger partial charge in [0.1, 0.15) is 18.2 Å². The molecule has 0 radical (unpaired) electrons. The monoisotopic (exact) mass is 342 g/mol. The van der Waals surface area contributed by atoms with Crippen LogP contribution < -0.4 is 5.32 Å². The van der Waals surface area contributed by atoms with Crippen molar-refractivity contribution in [3.8, 4) is 0 Å². The maximum Gasteiger partial charge on any atom is 0.324 e. The van der Waals surface area contributed by atoms with Crippen molar-refractivity contribution in [1.29, 1.82) is 0 Å². The molecule has 3 fully saturated rings. The first kappa shape index (κ1) is 16.6. The Kier molecular flexibility index (Phi) is 5.49. The van der Waals surface area contributed by atoms with Crippen molar-refractivity contribution in [1.82, 2.24) is 5.32 Å². The number of fused-ring (bicyclic) bond motifs is 1. The second-order valence-electron chi connectivity index (χ2n) is 4.71. The Hall–Kier alpha value is -0.810. The molecular formula is C10H15ClN2O7S. The van der Waals surface area contributed by atoms with Crippen molar-refractivity contribution >= 4 is 30.1 Å². The molecule has 0 aliphatic carbocycles. The fraction of sp³-hybridized carbons (Fsp3) is 0.900. The number of nitrogens with zero attached hydrogens (tertiary/aromatic N) is 1. The van der Waals surface area contributed by atoms with E-state index in [4.69, 9.17) is 14.2 Å². The number of carbonyl (C=O) groups excluding carboxylic acids is 1. The topological polar surface area (TPSA) is 109 Å². The van der Waals surface area contributed by atoms with E-state index in [2.05, 4.69) is 10.2 Å². The zero-order chi connectivity index (χ0) is 14.1. The summed E-state index contributed by atoms with van der Waals surface area (Å²) in [6, 6.07) is -0.314. The van der Waals surface area contributed by atoms with E-state index in [1.165, 1.54) is 0 Å². The van der Waals surface area contributed by atoms with Gasteiger partial charge in [-0.1, -0.05) is 0 Å². The fourth-order valence-corrected chi connectivity index (χ4v) is 3.44. The molecule has 0 amide bonds. The second kappa shape index (κ2) is 6.97. The summed E-state index contributed by atoms with van der Waals surface area (Å²) in [6.07, 6.45) is -2.37. The van der Waals surface area contributed by atoms with Crippen LogP contribution in [0.5, 0.6) is 0 Å². The molecule has 3 rings (SSSR count). The number of thioether (sulfide) groups is 1. The third kappa shape index (κ3) is 3.51. The first-order valence-corrected chi connectivity index (χ1v) is 7.36. The molecule has 5 atom stereocenters. The van der Waals surface area contributed by atoms with Gasteiger partial charge in [0.25, 0.3) is 5.09 Å². The number of rotatable bonds is 4. The normalized spacial score (nSPS) is 37.6. The molecule has 11 heteroatoms. The lowest BCUT2D eigenvalue weighted by atomic mass is 10.1. The standard InChI is InChI=1S/C10H14N2O7S.ClH/c13-10(5-3-20-4-11-5)18-6-1-16-9-7(19-12(14)15)2-17-8(6)9;/h5-9,11H,1-4H2;1H/t5?,6-,7+,8+,9+;/m0./s1. The van der Waals surface area contributed by atoms with Gasteiger partial charge >= 0.3 is 5.97 Å². The quantitative estimate of drug-likeness (QED) is 0.405. The van der Waals surface area contributed by atoms with Crippen LogP contribution in [-0.2, 0) is 23.8 Å². The predicted molar refractivity (Wildman–Crippen MR) is 72.7 cm³/mol. The first-order valence-electron chi connectivity index (χ1n) is 6.21. The molecule has 3 saturated heterocycles. The van der Waals surface area contributed by atoms with E-state index in [1.807, 2.05) is 0 Å². The van der Waals surface area contributed by atoms with Gasteiger partial charge in [-0.2, -0.15) is 0 Å². The van der Waals surface area contributed by atoms with Gasteiger partial charge in [-0.05, 0) is 0 Å². The summed E-state index contributed by atoms with van der Waals surface area (Å²) in [7, 11) is 0. The van der Waals surface area contributed by atoms with Crippen LogP contribution in [0.25, 0.3) is 0 Å². The average Bonchev–Trinajstić information content (AvgIpc) is 3.09. The summed E-state index contributed by atoms with van der Waals surface area (Å²) in [5.41, 5.74) is 0. The lowest BCUT2D eigenvalue weighted by Crippen LogP contribution is -2.41. The van der Waals surface area contributed by atoms with Crippen LogP contribution in [0.3, 0.4) is 0 Å². The van der Waals surface area contributed by atoms with E-state index in [0.29, 0.717) is 5.75 Å². The van der Waals surface area contributed by atoms with Crippen molar-refractivity contribution in [3.63, 3.8) is 0 Å². The second-order valence-corrected chi connectivity index (χ2v) is 5.74. The van der Waals surface area contributed by atoms with Gasteiger partial charge in [-0.25, -0.2) is 0 Å². The van der Waals surface area contributed by atoms with E-state index >= 15 is 0 Å². The Bertz CT molecular complexity index is 409. The van der Waals surface area contributed by atoms with E-state index in [-0.39, 0.29) is 37.6 Å². The number of nitrogens with one attached hydrogen (secondary N) is 1. The lowest BCUT2D eigenvalue weighted by Gasteiger charge is -2.18. The number of esters is 1. The maximum absolute atomic E-state index is 11.9. The number of hydrogen-bond donors (Lipinski definition) is 1. The van der Waals surface area contributed by atoms with Gasteiger partial charge in [0, 0.05) is 11.6 Å². The molecule has 0 aromatic carbocycles. The molecule has 120 valence electrons. The summed E-state index contributed by atoms with van der Waals surface area (Å²) in [5, 5.41) is 12.5. The van der Waals surface area contributed by atoms with Gasteiger partial charge < -0.3 is 19.0 Å². The van der Waals surface area contributed by atoms with Crippen molar-refractivity contribution < 1.29 is 28.9 Å². The van der Waals surface area contributed by atoms with Gasteiger partial charge in [-0.15, -0.1) is 34.3 Å². The molecule has 1 unspecified atom stereocenters. The third-order valence-electron chi connectivity index (χ3n) is 3.45. The number of carbonyl (C=O) groups is 1. The predicted octanol–water partition coefficient (Wildman–Crippen LogP) is -0.643. The molecular weight excluding hydrogens is 328 g/mol. The highest BCUT2D eigenvalue weighted by molar-refractivity contribution is 7.99. The molecule has 0 spiro atoms. The largest absolute Gasteiger partial charge is 0.456 e. The Balaban J connectivity index is 0.00000161. The molecule has 9 nitrogen and oxygen atoms in total. The summed E-state index contributed by atoms with van der Waals surface area (Å²) in [6.45, 7) is 0.223. The minimum absolute atomic E-state index is 0. The van der Waals surface area contributed by atoms with Crippen LogP contribution in [0.2, 0.25) is 0 Å². The summed E-state index contributed by atoms with van der Waals surface area (Å²) in [5.74, 6) is 1.06. The van der Waals surface area contributed by atoms with Gasteiger partial charge in [0.15, 0.2) is 12.2 Å². The fourth-order valence-electron chi connectivity index (χ4n) is 2.51. The molecule has 0 aromatic rings. The third-order valence-corrected chi connectivity index (χ3v) is 4.39. The van der Waals surface area contributed by atoms with Crippen LogP contribution in [-0.4, -0.2) is 66.4 Å². The Morgan fingerprint density at radius 2 is 1.95 bits per heavy atom. The van der Waals surface area contributed by atoms with Gasteiger partial charge in [0.05, 0.1) is 13.2 Å². The van der Waals surface area contributed by atoms with Crippen molar-refractivity contribution in [2.75, 3.05) is 24.8 Å². The van der Waals surface area contributed by atoms with Crippen LogP contribution in [0, 0.1) is 10.1 Å². The molecule has 3 aliphatic heterocycles. The molecule has 21 heavy (non-hydrogen) atoms. The van der Waals surface area contributed by atoms with E-state index in [9.17, 15) is 14.9 Å². The number of hydrogen-bond acceptors (Lipinski definition) is 9. The highest BCUT2D eigenvalue weighted by atomic mass is 35.5. The van der Waals surface area contributed by atoms with E-state index in [0.717, 1.165) is 5.88 Å². The van der Waals surface area contributed by atoms with Gasteiger partial charge in [0.2, 0.25) is 0 Å². The molecule has 3 aliphatic rings. The van der Waals surface area contributed by atoms with Crippen LogP contribution in [0.4, 0.5) is 0 Å². The first-order chi connectivity index (χ1) is 9.65. The number of ether oxygens (including phenoxy) is 3. The SMILES string of the molecule is Cl.O=C(O[C@H]1CO[C@H]2[C@@H]1OC[C@H]2O[N+](=O)[O-])C1CSCN1. The maximum atomic E-state index is 11.9. The Labute approximate surface area is 130 Å². The molecule has 0 aromatic heterocycles. The van der Waals surface area contributed by atoms with E-state index < -0.39 is 29.5 Å². The summed E-state index contributed by atoms with van der Waals surface area (Å²) in [4.78, 5) is 26.7. The van der Waals surface area contributed by atoms with Crippen molar-refractivity contribution in [3.05, 3.63) is 10.1 Å². The summed E-state index contributed by atoms with van der Waals surface area (Å²) < 4.78 is 16.2. The van der Waals surface area contributed by atoms with Crippen LogP contribution >= 0.6 is 24.2 Å². The van der Waals surface area contributed by atoms with Crippen LogP contribution in [0.15, 0.2) is 0 Å². The minimum atomic E-state index is -0.862. The molecule has 0 bridgehead atoms. The van der Waals surface area contributed by atoms with E-state index in [1.54, 1.807) is 11.8 Å². The highest BCUT2D eigenvalue weighted by Crippen LogP contribution is 2.31. The molecule has 3 heterocycles. The van der Waals surface area contributed by atoms with Crippen molar-refractivity contribution in [2.45, 2.75) is 30.5 Å². The van der Waals surface area contributed by atoms with Crippen LogP contribution in [0.1, 0.15) is 0 Å². The zero-order valence-electron chi connectivity index (χ0n) is 10.8. The molecule has 1 N–H and O–H groups in total. The number of halogens is 1. The van der Waals surface area contributed by atoms with Gasteiger partial charge in [-0.3, -0.25) is 10.1 Å². The highest BCUT2D eigenvalue weighted by Gasteiger charge is 2.51. The molecule has 0 saturated carbocycles. The zero-order valence-corrected chi connectivity index (χ0v) is 12.5. The Morgan fingerprint density at radius 3 is 2.57 bits per heavy atom. The minimum Gasteiger partial charge on any atom is -0.456 e.